The van der Waals surface area contributed by atoms with Gasteiger partial charge in [-0.15, -0.1) is 0 Å². The maximum atomic E-state index is 11.9. The smallest absolute Gasteiger partial charge is 0.306 e. The highest BCUT2D eigenvalue weighted by molar-refractivity contribution is 5.73. The van der Waals surface area contributed by atoms with E-state index in [-0.39, 0.29) is 35.0 Å². The number of fused-ring (bicyclic) bond motifs is 5. The maximum Gasteiger partial charge on any atom is 0.306 e. The molecule has 0 N–H and O–H groups in total. The zero-order valence-corrected chi connectivity index (χ0v) is 14.5. The summed E-state index contributed by atoms with van der Waals surface area (Å²) in [6.07, 6.45) is 7.37. The lowest BCUT2D eigenvalue weighted by Crippen LogP contribution is -2.53. The maximum absolute atomic E-state index is 11.9. The van der Waals surface area contributed by atoms with Crippen molar-refractivity contribution in [1.82, 2.24) is 0 Å². The van der Waals surface area contributed by atoms with Gasteiger partial charge in [0.1, 0.15) is 12.2 Å². The molecule has 4 rings (SSSR count). The molecule has 3 saturated carbocycles. The highest BCUT2D eigenvalue weighted by Crippen LogP contribution is 2.65. The van der Waals surface area contributed by atoms with Crippen LogP contribution in [0.1, 0.15) is 65.7 Å². The van der Waals surface area contributed by atoms with Gasteiger partial charge in [0.15, 0.2) is 0 Å². The van der Waals surface area contributed by atoms with Gasteiger partial charge in [0.05, 0.1) is 6.42 Å². The molecule has 3 aliphatic carbocycles. The van der Waals surface area contributed by atoms with Crippen molar-refractivity contribution >= 4 is 11.9 Å². The Morgan fingerprint density at radius 1 is 1.09 bits per heavy atom. The monoisotopic (exact) mass is 320 g/mol. The molecule has 0 aromatic heterocycles. The average Bonchev–Trinajstić information content (AvgIpc) is 2.94. The van der Waals surface area contributed by atoms with E-state index >= 15 is 0 Å². The van der Waals surface area contributed by atoms with Gasteiger partial charge in [0.2, 0.25) is 0 Å². The minimum atomic E-state index is -0.149. The van der Waals surface area contributed by atoms with Gasteiger partial charge >= 0.3 is 11.9 Å². The van der Waals surface area contributed by atoms with Gasteiger partial charge in [-0.2, -0.15) is 0 Å². The van der Waals surface area contributed by atoms with Crippen molar-refractivity contribution in [1.29, 1.82) is 0 Å². The number of carbonyl (C=O) groups is 2. The fraction of sp³-hybridized carbons (Fsp3) is 0.895. The molecular weight excluding hydrogens is 292 g/mol. The van der Waals surface area contributed by atoms with Gasteiger partial charge < -0.3 is 9.47 Å². The molecule has 0 aromatic rings. The predicted molar refractivity (Wildman–Crippen MR) is 84.4 cm³/mol. The molecule has 23 heavy (non-hydrogen) atoms. The average molecular weight is 320 g/mol. The van der Waals surface area contributed by atoms with Gasteiger partial charge in [0, 0.05) is 17.8 Å². The number of hydrogen-bond donors (Lipinski definition) is 0. The van der Waals surface area contributed by atoms with Crippen LogP contribution in [0.25, 0.3) is 0 Å². The molecule has 0 spiro atoms. The summed E-state index contributed by atoms with van der Waals surface area (Å²) in [6, 6.07) is 0. The van der Waals surface area contributed by atoms with Gasteiger partial charge in [-0.25, -0.2) is 0 Å². The number of rotatable bonds is 1. The van der Waals surface area contributed by atoms with E-state index < -0.39 is 0 Å². The second-order valence-electron chi connectivity index (χ2n) is 8.84. The van der Waals surface area contributed by atoms with Gasteiger partial charge in [-0.05, 0) is 56.3 Å². The predicted octanol–water partition coefficient (Wildman–Crippen LogP) is 3.48. The zero-order chi connectivity index (χ0) is 16.4. The topological polar surface area (TPSA) is 52.6 Å². The summed E-state index contributed by atoms with van der Waals surface area (Å²) >= 11 is 0. The first-order valence-corrected chi connectivity index (χ1v) is 9.21. The van der Waals surface area contributed by atoms with Crippen LogP contribution in [-0.2, 0) is 19.1 Å². The first-order valence-electron chi connectivity index (χ1n) is 9.21. The van der Waals surface area contributed by atoms with Gasteiger partial charge in [-0.1, -0.05) is 13.8 Å². The molecule has 0 bridgehead atoms. The van der Waals surface area contributed by atoms with Gasteiger partial charge in [-0.3, -0.25) is 9.59 Å². The van der Waals surface area contributed by atoms with Crippen molar-refractivity contribution in [2.24, 2.45) is 28.6 Å². The van der Waals surface area contributed by atoms with Crippen LogP contribution in [0.3, 0.4) is 0 Å². The normalized spacial score (nSPS) is 51.4. The lowest BCUT2D eigenvalue weighted by atomic mass is 9.49. The number of hydrogen-bond acceptors (Lipinski definition) is 4. The molecule has 7 atom stereocenters. The molecule has 0 amide bonds. The van der Waals surface area contributed by atoms with E-state index in [1.807, 2.05) is 0 Å². The molecule has 4 fully saturated rings. The van der Waals surface area contributed by atoms with Crippen LogP contribution in [-0.4, -0.2) is 24.1 Å². The summed E-state index contributed by atoms with van der Waals surface area (Å²) in [4.78, 5) is 23.3. The third-order valence-electron chi connectivity index (χ3n) is 7.80. The van der Waals surface area contributed by atoms with E-state index in [9.17, 15) is 9.59 Å². The van der Waals surface area contributed by atoms with E-state index in [0.29, 0.717) is 24.2 Å². The molecule has 128 valence electrons. The molecule has 4 heteroatoms. The molecule has 4 aliphatic rings. The third kappa shape index (κ3) is 2.09. The van der Waals surface area contributed by atoms with E-state index in [1.165, 1.54) is 6.92 Å². The summed E-state index contributed by atoms with van der Waals surface area (Å²) in [5.41, 5.74) is 0.153. The highest BCUT2D eigenvalue weighted by atomic mass is 16.6. The molecule has 0 radical (unpaired) electrons. The number of carbonyl (C=O) groups excluding carboxylic acids is 2. The Bertz CT molecular complexity index is 543. The second-order valence-corrected chi connectivity index (χ2v) is 8.84. The Balaban J connectivity index is 1.60. The van der Waals surface area contributed by atoms with Gasteiger partial charge in [0.25, 0.3) is 0 Å². The minimum Gasteiger partial charge on any atom is -0.462 e. The van der Waals surface area contributed by atoms with E-state index in [0.717, 1.165) is 38.5 Å². The lowest BCUT2D eigenvalue weighted by Gasteiger charge is -2.55. The van der Waals surface area contributed by atoms with Crippen molar-refractivity contribution in [2.75, 3.05) is 0 Å². The molecule has 1 aliphatic heterocycles. The Hall–Kier alpha value is -1.06. The van der Waals surface area contributed by atoms with Crippen LogP contribution in [0.4, 0.5) is 0 Å². The van der Waals surface area contributed by atoms with Crippen LogP contribution in [0, 0.1) is 28.6 Å². The quantitative estimate of drug-likeness (QED) is 0.694. The van der Waals surface area contributed by atoms with E-state index in [4.69, 9.17) is 9.47 Å². The third-order valence-corrected chi connectivity index (χ3v) is 7.80. The van der Waals surface area contributed by atoms with E-state index in [1.54, 1.807) is 0 Å². The van der Waals surface area contributed by atoms with Crippen molar-refractivity contribution < 1.29 is 19.1 Å². The minimum absolute atomic E-state index is 0.00398. The fourth-order valence-electron chi connectivity index (χ4n) is 6.72. The molecular formula is C19H28O4. The summed E-state index contributed by atoms with van der Waals surface area (Å²) in [5.74, 6) is 1.71. The van der Waals surface area contributed by atoms with Crippen LogP contribution in [0.5, 0.6) is 0 Å². The Morgan fingerprint density at radius 3 is 2.57 bits per heavy atom. The standard InChI is InChI=1S/C19H28O4/c1-11(20)22-15-7-5-13-12-4-6-16-19(3,10-17(21)23-16)14(12)8-9-18(13,15)2/h12-16H,4-10H2,1-3H3. The Morgan fingerprint density at radius 2 is 1.83 bits per heavy atom. The Labute approximate surface area is 138 Å². The Kier molecular flexibility index (Phi) is 3.34. The lowest BCUT2D eigenvalue weighted by molar-refractivity contribution is -0.160. The molecule has 0 aromatic carbocycles. The number of esters is 2. The zero-order valence-electron chi connectivity index (χ0n) is 14.5. The van der Waals surface area contributed by atoms with Crippen molar-refractivity contribution in [3.05, 3.63) is 0 Å². The summed E-state index contributed by atoms with van der Waals surface area (Å²) < 4.78 is 11.3. The summed E-state index contributed by atoms with van der Waals surface area (Å²) in [7, 11) is 0. The fourth-order valence-corrected chi connectivity index (χ4v) is 6.72. The first kappa shape index (κ1) is 15.5. The van der Waals surface area contributed by atoms with Crippen LogP contribution >= 0.6 is 0 Å². The second kappa shape index (κ2) is 4.97. The van der Waals surface area contributed by atoms with Crippen molar-refractivity contribution in [3.63, 3.8) is 0 Å². The SMILES string of the molecule is CC(=O)OC1CCC2C3CCC4OC(=O)CC4(C)C3CCC12C. The largest absolute Gasteiger partial charge is 0.462 e. The molecule has 4 nitrogen and oxygen atoms in total. The van der Waals surface area contributed by atoms with E-state index in [2.05, 4.69) is 13.8 Å². The van der Waals surface area contributed by atoms with Crippen LogP contribution in [0.15, 0.2) is 0 Å². The van der Waals surface area contributed by atoms with Crippen molar-refractivity contribution in [2.45, 2.75) is 77.9 Å². The molecule has 1 saturated heterocycles. The summed E-state index contributed by atoms with van der Waals surface area (Å²) in [6.45, 7) is 6.13. The molecule has 1 heterocycles. The molecule has 7 unspecified atom stereocenters. The van der Waals surface area contributed by atoms with Crippen molar-refractivity contribution in [3.8, 4) is 0 Å². The number of ether oxygens (including phenoxy) is 2. The summed E-state index contributed by atoms with van der Waals surface area (Å²) in [5, 5.41) is 0. The highest BCUT2D eigenvalue weighted by Gasteiger charge is 2.63. The first-order chi connectivity index (χ1) is 10.8. The van der Waals surface area contributed by atoms with Crippen LogP contribution in [0.2, 0.25) is 0 Å². The van der Waals surface area contributed by atoms with Crippen LogP contribution < -0.4 is 0 Å².